The van der Waals surface area contributed by atoms with Gasteiger partial charge in [0.05, 0.1) is 5.56 Å². The van der Waals surface area contributed by atoms with Gasteiger partial charge in [-0.1, -0.05) is 66.7 Å². The third kappa shape index (κ3) is 3.99. The Hall–Kier alpha value is -2.14. The van der Waals surface area contributed by atoms with Crippen molar-refractivity contribution in [3.63, 3.8) is 0 Å². The zero-order valence-corrected chi connectivity index (χ0v) is 14.5. The molecule has 0 saturated heterocycles. The van der Waals surface area contributed by atoms with Crippen LogP contribution < -0.4 is 0 Å². The van der Waals surface area contributed by atoms with Gasteiger partial charge in [-0.3, -0.25) is 0 Å². The normalized spacial score (nSPS) is 10.5. The Kier molecular flexibility index (Phi) is 5.08. The van der Waals surface area contributed by atoms with Gasteiger partial charge in [-0.05, 0) is 51.9 Å². The van der Waals surface area contributed by atoms with Gasteiger partial charge in [0.2, 0.25) is 0 Å². The number of ether oxygens (including phenoxy) is 1. The lowest BCUT2D eigenvalue weighted by atomic mass is 10.0. The summed E-state index contributed by atoms with van der Waals surface area (Å²) in [6.07, 6.45) is -0.414. The van der Waals surface area contributed by atoms with E-state index in [0.717, 1.165) is 14.7 Å². The molecule has 0 heterocycles. The van der Waals surface area contributed by atoms with Crippen molar-refractivity contribution in [2.45, 2.75) is 6.10 Å². The summed E-state index contributed by atoms with van der Waals surface area (Å²) in [6.45, 7) is 0. The van der Waals surface area contributed by atoms with Crippen LogP contribution in [-0.2, 0) is 4.74 Å². The van der Waals surface area contributed by atoms with Crippen LogP contribution in [0.15, 0.2) is 84.9 Å². The maximum atomic E-state index is 12.5. The van der Waals surface area contributed by atoms with Gasteiger partial charge in [-0.2, -0.15) is 0 Å². The van der Waals surface area contributed by atoms with Crippen LogP contribution >= 0.6 is 22.6 Å². The molecule has 23 heavy (non-hydrogen) atoms. The van der Waals surface area contributed by atoms with Crippen molar-refractivity contribution in [2.24, 2.45) is 0 Å². The number of rotatable bonds is 4. The zero-order valence-electron chi connectivity index (χ0n) is 12.4. The lowest BCUT2D eigenvalue weighted by Crippen LogP contribution is -2.13. The summed E-state index contributed by atoms with van der Waals surface area (Å²) in [5.74, 6) is -0.318. The Labute approximate surface area is 149 Å². The number of esters is 1. The van der Waals surface area contributed by atoms with E-state index in [2.05, 4.69) is 22.6 Å². The minimum absolute atomic E-state index is 0.318. The second-order valence-electron chi connectivity index (χ2n) is 5.12. The molecular weight excluding hydrogens is 399 g/mol. The molecule has 0 radical (unpaired) electrons. The van der Waals surface area contributed by atoms with Crippen LogP contribution in [0.5, 0.6) is 0 Å². The van der Waals surface area contributed by atoms with Gasteiger partial charge in [0, 0.05) is 3.57 Å². The molecule has 0 aromatic heterocycles. The number of benzene rings is 3. The molecular formula is C20H15IO2. The van der Waals surface area contributed by atoms with Crippen molar-refractivity contribution in [1.82, 2.24) is 0 Å². The largest absolute Gasteiger partial charge is 0.449 e. The van der Waals surface area contributed by atoms with Gasteiger partial charge in [0.15, 0.2) is 6.10 Å². The van der Waals surface area contributed by atoms with Crippen molar-refractivity contribution < 1.29 is 9.53 Å². The number of hydrogen-bond acceptors (Lipinski definition) is 2. The summed E-state index contributed by atoms with van der Waals surface area (Å²) in [6, 6.07) is 27.0. The van der Waals surface area contributed by atoms with Crippen molar-refractivity contribution in [1.29, 1.82) is 0 Å². The molecule has 2 nitrogen and oxygen atoms in total. The molecule has 0 amide bonds. The van der Waals surface area contributed by atoms with Crippen LogP contribution in [0, 0.1) is 3.57 Å². The highest BCUT2D eigenvalue weighted by atomic mass is 127. The third-order valence-corrected chi connectivity index (χ3v) is 4.16. The van der Waals surface area contributed by atoms with E-state index >= 15 is 0 Å². The van der Waals surface area contributed by atoms with E-state index in [1.807, 2.05) is 78.9 Å². The van der Waals surface area contributed by atoms with Crippen LogP contribution in [-0.4, -0.2) is 5.97 Å². The van der Waals surface area contributed by atoms with E-state index in [-0.39, 0.29) is 5.97 Å². The molecule has 0 spiro atoms. The van der Waals surface area contributed by atoms with Gasteiger partial charge in [-0.25, -0.2) is 4.79 Å². The number of carbonyl (C=O) groups is 1. The summed E-state index contributed by atoms with van der Waals surface area (Å²) >= 11 is 2.19. The first-order valence-electron chi connectivity index (χ1n) is 7.30. The topological polar surface area (TPSA) is 26.3 Å². The molecule has 3 heteroatoms. The van der Waals surface area contributed by atoms with E-state index in [1.165, 1.54) is 0 Å². The summed E-state index contributed by atoms with van der Waals surface area (Å²) in [4.78, 5) is 12.5. The zero-order chi connectivity index (χ0) is 16.1. The van der Waals surface area contributed by atoms with Crippen LogP contribution in [0.2, 0.25) is 0 Å². The first-order valence-corrected chi connectivity index (χ1v) is 8.38. The molecule has 0 aliphatic rings. The van der Waals surface area contributed by atoms with Crippen LogP contribution in [0.3, 0.4) is 0 Å². The molecule has 0 saturated carbocycles. The molecule has 114 valence electrons. The molecule has 0 unspecified atom stereocenters. The van der Waals surface area contributed by atoms with Gasteiger partial charge in [0.25, 0.3) is 0 Å². The highest BCUT2D eigenvalue weighted by Crippen LogP contribution is 2.27. The fourth-order valence-corrected chi connectivity index (χ4v) is 2.92. The molecule has 3 aromatic carbocycles. The molecule has 0 N–H and O–H groups in total. The molecule has 0 aliphatic heterocycles. The Bertz CT molecular complexity index is 746. The van der Waals surface area contributed by atoms with E-state index in [9.17, 15) is 4.79 Å². The van der Waals surface area contributed by atoms with Crippen LogP contribution in [0.25, 0.3) is 0 Å². The van der Waals surface area contributed by atoms with Crippen molar-refractivity contribution in [3.05, 3.63) is 105 Å². The Morgan fingerprint density at radius 2 is 1.35 bits per heavy atom. The summed E-state index contributed by atoms with van der Waals surface area (Å²) < 4.78 is 6.83. The van der Waals surface area contributed by atoms with E-state index < -0.39 is 6.10 Å². The van der Waals surface area contributed by atoms with Crippen LogP contribution in [0.1, 0.15) is 27.6 Å². The first kappa shape index (κ1) is 15.7. The van der Waals surface area contributed by atoms with Gasteiger partial charge >= 0.3 is 5.97 Å². The first-order chi connectivity index (χ1) is 11.2. The summed E-state index contributed by atoms with van der Waals surface area (Å²) in [5, 5.41) is 0. The van der Waals surface area contributed by atoms with E-state index in [4.69, 9.17) is 4.74 Å². The minimum Gasteiger partial charge on any atom is -0.449 e. The molecule has 0 bridgehead atoms. The van der Waals surface area contributed by atoms with Gasteiger partial charge < -0.3 is 4.74 Å². The predicted octanol–water partition coefficient (Wildman–Crippen LogP) is 5.24. The number of hydrogen-bond donors (Lipinski definition) is 0. The average Bonchev–Trinajstić information content (AvgIpc) is 2.61. The van der Waals surface area contributed by atoms with E-state index in [1.54, 1.807) is 6.07 Å². The average molecular weight is 414 g/mol. The molecule has 3 rings (SSSR count). The molecule has 0 atom stereocenters. The van der Waals surface area contributed by atoms with Crippen molar-refractivity contribution in [2.75, 3.05) is 0 Å². The Balaban J connectivity index is 1.92. The lowest BCUT2D eigenvalue weighted by Gasteiger charge is -2.19. The molecule has 0 aliphatic carbocycles. The fraction of sp³-hybridized carbons (Fsp3) is 0.0500. The lowest BCUT2D eigenvalue weighted by molar-refractivity contribution is 0.0378. The van der Waals surface area contributed by atoms with Crippen molar-refractivity contribution in [3.8, 4) is 0 Å². The Morgan fingerprint density at radius 1 is 0.783 bits per heavy atom. The smallest absolute Gasteiger partial charge is 0.339 e. The fourth-order valence-electron chi connectivity index (χ4n) is 2.37. The second kappa shape index (κ2) is 7.42. The predicted molar refractivity (Wildman–Crippen MR) is 99.3 cm³/mol. The van der Waals surface area contributed by atoms with Crippen molar-refractivity contribution >= 4 is 28.6 Å². The number of halogens is 1. The maximum absolute atomic E-state index is 12.5. The molecule has 0 fully saturated rings. The second-order valence-corrected chi connectivity index (χ2v) is 6.36. The Morgan fingerprint density at radius 3 is 1.87 bits per heavy atom. The summed E-state index contributed by atoms with van der Waals surface area (Å²) in [5.41, 5.74) is 2.48. The van der Waals surface area contributed by atoms with Gasteiger partial charge in [-0.15, -0.1) is 0 Å². The standard InChI is InChI=1S/C20H15IO2/c21-18-13-7-12-17(14-18)20(22)23-19(15-8-3-1-4-9-15)16-10-5-2-6-11-16/h1-14,19H. The minimum atomic E-state index is -0.414. The SMILES string of the molecule is O=C(OC(c1ccccc1)c1ccccc1)c1cccc(I)c1. The highest BCUT2D eigenvalue weighted by Gasteiger charge is 2.19. The monoisotopic (exact) mass is 414 g/mol. The maximum Gasteiger partial charge on any atom is 0.339 e. The number of carbonyl (C=O) groups excluding carboxylic acids is 1. The quantitative estimate of drug-likeness (QED) is 0.431. The third-order valence-electron chi connectivity index (χ3n) is 3.49. The summed E-state index contributed by atoms with van der Waals surface area (Å²) in [7, 11) is 0. The highest BCUT2D eigenvalue weighted by molar-refractivity contribution is 14.1. The van der Waals surface area contributed by atoms with E-state index in [0.29, 0.717) is 5.56 Å². The van der Waals surface area contributed by atoms with Gasteiger partial charge in [0.1, 0.15) is 0 Å². The molecule has 3 aromatic rings. The van der Waals surface area contributed by atoms with Crippen LogP contribution in [0.4, 0.5) is 0 Å².